The van der Waals surface area contributed by atoms with Gasteiger partial charge in [-0.15, -0.1) is 5.10 Å². The SMILES string of the molecule is CCn1c(Sc2ccc(N)c3cc(Br)cnc23)n[nH]c1=O. The number of halogens is 1. The van der Waals surface area contributed by atoms with E-state index in [0.717, 1.165) is 20.3 Å². The van der Waals surface area contributed by atoms with Crippen molar-refractivity contribution in [2.24, 2.45) is 0 Å². The highest BCUT2D eigenvalue weighted by atomic mass is 79.9. The van der Waals surface area contributed by atoms with E-state index in [0.29, 0.717) is 17.4 Å². The molecule has 0 spiro atoms. The van der Waals surface area contributed by atoms with Crippen molar-refractivity contribution in [3.63, 3.8) is 0 Å². The first-order chi connectivity index (χ1) is 10.1. The molecule has 0 aliphatic heterocycles. The van der Waals surface area contributed by atoms with Gasteiger partial charge in [0.2, 0.25) is 0 Å². The van der Waals surface area contributed by atoms with Gasteiger partial charge in [-0.3, -0.25) is 9.55 Å². The lowest BCUT2D eigenvalue weighted by Gasteiger charge is -2.08. The van der Waals surface area contributed by atoms with Gasteiger partial charge >= 0.3 is 5.69 Å². The van der Waals surface area contributed by atoms with Crippen LogP contribution in [-0.4, -0.2) is 19.7 Å². The van der Waals surface area contributed by atoms with Crippen molar-refractivity contribution in [2.45, 2.75) is 23.5 Å². The summed E-state index contributed by atoms with van der Waals surface area (Å²) in [4.78, 5) is 16.9. The number of H-pyrrole nitrogens is 1. The molecule has 1 aromatic carbocycles. The van der Waals surface area contributed by atoms with Gasteiger partial charge in [-0.05, 0) is 52.8 Å². The number of nitrogens with zero attached hydrogens (tertiary/aromatic N) is 3. The predicted molar refractivity (Wildman–Crippen MR) is 86.5 cm³/mol. The number of nitrogens with two attached hydrogens (primary N) is 1. The zero-order valence-electron chi connectivity index (χ0n) is 11.1. The quantitative estimate of drug-likeness (QED) is 0.696. The highest BCUT2D eigenvalue weighted by Gasteiger charge is 2.12. The van der Waals surface area contributed by atoms with Gasteiger partial charge in [0.25, 0.3) is 0 Å². The van der Waals surface area contributed by atoms with Crippen LogP contribution in [0.4, 0.5) is 5.69 Å². The number of fused-ring (bicyclic) bond motifs is 1. The number of benzene rings is 1. The molecule has 0 bridgehead atoms. The maximum Gasteiger partial charge on any atom is 0.343 e. The van der Waals surface area contributed by atoms with Crippen molar-refractivity contribution in [1.29, 1.82) is 0 Å². The number of anilines is 1. The predicted octanol–water partition coefficient (Wildman–Crippen LogP) is 2.64. The molecule has 108 valence electrons. The molecule has 0 saturated carbocycles. The molecule has 0 aliphatic rings. The van der Waals surface area contributed by atoms with Gasteiger partial charge < -0.3 is 5.73 Å². The van der Waals surface area contributed by atoms with Crippen molar-refractivity contribution in [1.82, 2.24) is 19.7 Å². The van der Waals surface area contributed by atoms with E-state index in [9.17, 15) is 4.79 Å². The van der Waals surface area contributed by atoms with Crippen LogP contribution in [0.5, 0.6) is 0 Å². The van der Waals surface area contributed by atoms with E-state index >= 15 is 0 Å². The van der Waals surface area contributed by atoms with Gasteiger partial charge in [0.05, 0.1) is 5.52 Å². The van der Waals surface area contributed by atoms with Crippen LogP contribution < -0.4 is 11.4 Å². The molecule has 3 N–H and O–H groups in total. The minimum atomic E-state index is -0.213. The minimum absolute atomic E-state index is 0.213. The molecule has 0 fully saturated rings. The van der Waals surface area contributed by atoms with Crippen molar-refractivity contribution in [3.05, 3.63) is 39.4 Å². The maximum atomic E-state index is 11.6. The van der Waals surface area contributed by atoms with Gasteiger partial charge in [0.1, 0.15) is 0 Å². The van der Waals surface area contributed by atoms with Gasteiger partial charge in [-0.2, -0.15) is 0 Å². The lowest BCUT2D eigenvalue weighted by molar-refractivity contribution is 0.660. The summed E-state index contributed by atoms with van der Waals surface area (Å²) < 4.78 is 2.44. The van der Waals surface area contributed by atoms with Gasteiger partial charge in [0, 0.05) is 33.2 Å². The van der Waals surface area contributed by atoms with Crippen molar-refractivity contribution in [2.75, 3.05) is 5.73 Å². The molecule has 0 atom stereocenters. The molecule has 6 nitrogen and oxygen atoms in total. The van der Waals surface area contributed by atoms with Crippen LogP contribution in [0.3, 0.4) is 0 Å². The normalized spacial score (nSPS) is 11.1. The third-order valence-corrected chi connectivity index (χ3v) is 4.53. The number of nitrogens with one attached hydrogen (secondary N) is 1. The zero-order chi connectivity index (χ0) is 15.0. The Morgan fingerprint density at radius 2 is 2.29 bits per heavy atom. The first-order valence-corrected chi connectivity index (χ1v) is 7.88. The molecule has 3 aromatic rings. The number of nitrogen functional groups attached to an aromatic ring is 1. The molecule has 2 heterocycles. The molecule has 3 rings (SSSR count). The first-order valence-electron chi connectivity index (χ1n) is 6.27. The fraction of sp³-hybridized carbons (Fsp3) is 0.154. The standard InChI is InChI=1S/C13H12BrN5OS/c1-2-19-12(20)17-18-13(19)21-10-4-3-9(15)8-5-7(14)6-16-11(8)10/h3-6H,2,15H2,1H3,(H,17,20). The summed E-state index contributed by atoms with van der Waals surface area (Å²) in [5.74, 6) is 0. The smallest absolute Gasteiger partial charge is 0.343 e. The highest BCUT2D eigenvalue weighted by Crippen LogP contribution is 2.34. The molecular weight excluding hydrogens is 354 g/mol. The Morgan fingerprint density at radius 1 is 1.48 bits per heavy atom. The summed E-state index contributed by atoms with van der Waals surface area (Å²) in [6.45, 7) is 2.46. The first kappa shape index (κ1) is 14.2. The largest absolute Gasteiger partial charge is 0.398 e. The van der Waals surface area contributed by atoms with E-state index < -0.39 is 0 Å². The molecule has 0 radical (unpaired) electrons. The summed E-state index contributed by atoms with van der Waals surface area (Å²) in [6.07, 6.45) is 1.73. The van der Waals surface area contributed by atoms with Gasteiger partial charge in [0.15, 0.2) is 5.16 Å². The monoisotopic (exact) mass is 365 g/mol. The fourth-order valence-corrected chi connectivity index (χ4v) is 3.37. The van der Waals surface area contributed by atoms with Crippen LogP contribution in [-0.2, 0) is 6.54 Å². The van der Waals surface area contributed by atoms with E-state index in [1.807, 2.05) is 25.1 Å². The lowest BCUT2D eigenvalue weighted by Crippen LogP contribution is -2.16. The van der Waals surface area contributed by atoms with Crippen LogP contribution in [0.25, 0.3) is 10.9 Å². The summed E-state index contributed by atoms with van der Waals surface area (Å²) in [5, 5.41) is 7.99. The molecule has 21 heavy (non-hydrogen) atoms. The second-order valence-electron chi connectivity index (χ2n) is 4.36. The van der Waals surface area contributed by atoms with Crippen molar-refractivity contribution >= 4 is 44.3 Å². The van der Waals surface area contributed by atoms with Crippen molar-refractivity contribution < 1.29 is 0 Å². The Balaban J connectivity index is 2.13. The third-order valence-electron chi connectivity index (χ3n) is 3.05. The fourth-order valence-electron chi connectivity index (χ4n) is 2.03. The summed E-state index contributed by atoms with van der Waals surface area (Å²) in [7, 11) is 0. The molecule has 0 aliphatic carbocycles. The Kier molecular flexibility index (Phi) is 3.73. The highest BCUT2D eigenvalue weighted by molar-refractivity contribution is 9.10. The Hall–Kier alpha value is -1.80. The molecule has 0 saturated heterocycles. The molecule has 8 heteroatoms. The second-order valence-corrected chi connectivity index (χ2v) is 6.29. The average molecular weight is 366 g/mol. The van der Waals surface area contributed by atoms with E-state index in [1.165, 1.54) is 11.8 Å². The molecule has 2 aromatic heterocycles. The number of pyridine rings is 1. The Morgan fingerprint density at radius 3 is 3.05 bits per heavy atom. The number of aromatic nitrogens is 4. The van der Waals surface area contributed by atoms with E-state index in [1.54, 1.807) is 10.8 Å². The number of hydrogen-bond donors (Lipinski definition) is 2. The maximum absolute atomic E-state index is 11.6. The topological polar surface area (TPSA) is 89.6 Å². The molecule has 0 amide bonds. The molecule has 0 unspecified atom stereocenters. The van der Waals surface area contributed by atoms with Crippen LogP contribution in [0.1, 0.15) is 6.92 Å². The Labute approximate surface area is 132 Å². The zero-order valence-corrected chi connectivity index (χ0v) is 13.5. The third kappa shape index (κ3) is 2.56. The lowest BCUT2D eigenvalue weighted by atomic mass is 10.2. The van der Waals surface area contributed by atoms with Crippen molar-refractivity contribution in [3.8, 4) is 0 Å². The van der Waals surface area contributed by atoms with Crippen LogP contribution in [0.15, 0.2) is 43.7 Å². The van der Waals surface area contributed by atoms with Crippen LogP contribution in [0.2, 0.25) is 0 Å². The molecular formula is C13H12BrN5OS. The Bertz CT molecular complexity index is 873. The van der Waals surface area contributed by atoms with E-state index in [2.05, 4.69) is 31.1 Å². The van der Waals surface area contributed by atoms with Gasteiger partial charge in [-0.25, -0.2) is 9.89 Å². The summed E-state index contributed by atoms with van der Waals surface area (Å²) in [5.41, 5.74) is 7.25. The number of aromatic amines is 1. The second kappa shape index (κ2) is 5.53. The summed E-state index contributed by atoms with van der Waals surface area (Å²) in [6, 6.07) is 5.65. The number of rotatable bonds is 3. The minimum Gasteiger partial charge on any atom is -0.398 e. The number of hydrogen-bond acceptors (Lipinski definition) is 5. The summed E-state index contributed by atoms with van der Waals surface area (Å²) >= 11 is 4.79. The van der Waals surface area contributed by atoms with Crippen LogP contribution in [0, 0.1) is 0 Å². The van der Waals surface area contributed by atoms with Gasteiger partial charge in [-0.1, -0.05) is 0 Å². The van der Waals surface area contributed by atoms with E-state index in [4.69, 9.17) is 5.73 Å². The average Bonchev–Trinajstić information content (AvgIpc) is 2.82. The van der Waals surface area contributed by atoms with Crippen LogP contribution >= 0.6 is 27.7 Å². The van der Waals surface area contributed by atoms with E-state index in [-0.39, 0.29) is 5.69 Å².